The van der Waals surface area contributed by atoms with E-state index in [0.29, 0.717) is 42.8 Å². The van der Waals surface area contributed by atoms with Crippen molar-refractivity contribution in [2.24, 2.45) is 5.92 Å². The van der Waals surface area contributed by atoms with Gasteiger partial charge in [0.05, 0.1) is 5.92 Å². The number of halogens is 4. The van der Waals surface area contributed by atoms with E-state index < -0.39 is 6.36 Å². The van der Waals surface area contributed by atoms with Gasteiger partial charge in [-0.05, 0) is 50.5 Å². The number of hydrogen-bond acceptors (Lipinski definition) is 5. The number of para-hydroxylation sites is 1. The number of nitrogens with one attached hydrogen (secondary N) is 1. The first kappa shape index (κ1) is 32.1. The summed E-state index contributed by atoms with van der Waals surface area (Å²) in [6, 6.07) is 14.6. The molecule has 0 unspecified atom stereocenters. The fraction of sp³-hybridized carbons (Fsp3) is 0.606. The molecule has 0 aromatic heterocycles. The van der Waals surface area contributed by atoms with Crippen LogP contribution in [0.4, 0.5) is 13.2 Å². The number of carbonyl (C=O) groups is 1. The molecule has 10 heteroatoms. The van der Waals surface area contributed by atoms with Crippen LogP contribution in [-0.4, -0.2) is 84.4 Å². The Morgan fingerprint density at radius 1 is 1.00 bits per heavy atom. The van der Waals surface area contributed by atoms with Gasteiger partial charge in [-0.3, -0.25) is 14.6 Å². The third kappa shape index (κ3) is 7.85. The maximum atomic E-state index is 14.0. The number of rotatable bonds is 9. The monoisotopic (exact) mass is 620 g/mol. The number of carbonyl (C=O) groups excluding carboxylic acids is 1. The van der Waals surface area contributed by atoms with Crippen molar-refractivity contribution in [1.82, 2.24) is 20.0 Å². The SMILES string of the molecule is CC(C)N1C[C@H](C(=O)N2CCN(C3(CNCc4ccccc4OC(F)(F)F)CCCCC3)CC2)[C@@H](c2ccc(Cl)cc2)C1. The van der Waals surface area contributed by atoms with Crippen molar-refractivity contribution in [2.45, 2.75) is 76.4 Å². The van der Waals surface area contributed by atoms with Crippen LogP contribution in [0, 0.1) is 5.92 Å². The molecule has 0 radical (unpaired) electrons. The van der Waals surface area contributed by atoms with Gasteiger partial charge in [-0.15, -0.1) is 13.2 Å². The molecule has 1 aliphatic carbocycles. The zero-order valence-electron chi connectivity index (χ0n) is 25.2. The first-order valence-electron chi connectivity index (χ1n) is 15.6. The van der Waals surface area contributed by atoms with Crippen molar-refractivity contribution in [3.8, 4) is 5.75 Å². The number of hydrogen-bond donors (Lipinski definition) is 1. The predicted octanol–water partition coefficient (Wildman–Crippen LogP) is 6.30. The van der Waals surface area contributed by atoms with Crippen molar-refractivity contribution in [1.29, 1.82) is 0 Å². The van der Waals surface area contributed by atoms with Gasteiger partial charge in [-0.1, -0.05) is 61.2 Å². The van der Waals surface area contributed by atoms with Gasteiger partial charge in [0.2, 0.25) is 5.91 Å². The first-order valence-corrected chi connectivity index (χ1v) is 16.0. The molecule has 2 atom stereocenters. The van der Waals surface area contributed by atoms with Crippen LogP contribution < -0.4 is 10.1 Å². The van der Waals surface area contributed by atoms with Gasteiger partial charge < -0.3 is 15.0 Å². The van der Waals surface area contributed by atoms with Crippen LogP contribution in [0.15, 0.2) is 48.5 Å². The Morgan fingerprint density at radius 2 is 1.67 bits per heavy atom. The van der Waals surface area contributed by atoms with Crippen molar-refractivity contribution in [2.75, 3.05) is 45.8 Å². The molecule has 0 bridgehead atoms. The third-order valence-electron chi connectivity index (χ3n) is 9.71. The molecule has 2 saturated heterocycles. The minimum atomic E-state index is -4.72. The smallest absolute Gasteiger partial charge is 0.405 e. The molecule has 236 valence electrons. The summed E-state index contributed by atoms with van der Waals surface area (Å²) in [4.78, 5) is 21.0. The van der Waals surface area contributed by atoms with Crippen LogP contribution in [0.1, 0.15) is 63.0 Å². The second-order valence-electron chi connectivity index (χ2n) is 12.7. The quantitative estimate of drug-likeness (QED) is 0.357. The lowest BCUT2D eigenvalue weighted by Crippen LogP contribution is -2.62. The van der Waals surface area contributed by atoms with Gasteiger partial charge in [0, 0.05) is 80.4 Å². The van der Waals surface area contributed by atoms with Crippen molar-refractivity contribution >= 4 is 17.5 Å². The summed E-state index contributed by atoms with van der Waals surface area (Å²) in [5, 5.41) is 4.17. The maximum Gasteiger partial charge on any atom is 0.573 e. The fourth-order valence-electron chi connectivity index (χ4n) is 7.31. The zero-order chi connectivity index (χ0) is 30.6. The van der Waals surface area contributed by atoms with E-state index in [9.17, 15) is 18.0 Å². The second-order valence-corrected chi connectivity index (χ2v) is 13.1. The minimum Gasteiger partial charge on any atom is -0.405 e. The Hall–Kier alpha value is -2.33. The average Bonchev–Trinajstić information content (AvgIpc) is 3.44. The summed E-state index contributed by atoms with van der Waals surface area (Å²) in [5.41, 5.74) is 1.59. The summed E-state index contributed by atoms with van der Waals surface area (Å²) in [6.45, 7) is 9.95. The number of piperazine rings is 1. The van der Waals surface area contributed by atoms with E-state index in [2.05, 4.69) is 50.7 Å². The van der Waals surface area contributed by atoms with Gasteiger partial charge in [-0.2, -0.15) is 0 Å². The van der Waals surface area contributed by atoms with Crippen LogP contribution in [0.5, 0.6) is 5.75 Å². The summed E-state index contributed by atoms with van der Waals surface area (Å²) in [6.07, 6.45) is 0.814. The molecule has 2 aromatic carbocycles. The topological polar surface area (TPSA) is 48.1 Å². The van der Waals surface area contributed by atoms with Crippen molar-refractivity contribution < 1.29 is 22.7 Å². The summed E-state index contributed by atoms with van der Waals surface area (Å²) >= 11 is 6.16. The Kier molecular flexibility index (Phi) is 10.3. The van der Waals surface area contributed by atoms with Crippen LogP contribution in [0.3, 0.4) is 0 Å². The van der Waals surface area contributed by atoms with Gasteiger partial charge in [0.15, 0.2) is 0 Å². The number of alkyl halides is 3. The number of ether oxygens (including phenoxy) is 1. The van der Waals surface area contributed by atoms with Crippen LogP contribution >= 0.6 is 11.6 Å². The summed E-state index contributed by atoms with van der Waals surface area (Å²) in [5.74, 6) is 0.134. The van der Waals surface area contributed by atoms with E-state index in [1.54, 1.807) is 18.2 Å². The number of likely N-dealkylation sites (tertiary alicyclic amines) is 1. The van der Waals surface area contributed by atoms with Gasteiger partial charge >= 0.3 is 6.36 Å². The third-order valence-corrected chi connectivity index (χ3v) is 9.96. The lowest BCUT2D eigenvalue weighted by molar-refractivity contribution is -0.274. The van der Waals surface area contributed by atoms with Crippen LogP contribution in [0.2, 0.25) is 5.02 Å². The summed E-state index contributed by atoms with van der Waals surface area (Å²) < 4.78 is 43.0. The molecule has 1 saturated carbocycles. The maximum absolute atomic E-state index is 14.0. The average molecular weight is 621 g/mol. The second kappa shape index (κ2) is 13.8. The predicted molar refractivity (Wildman–Crippen MR) is 163 cm³/mol. The highest BCUT2D eigenvalue weighted by molar-refractivity contribution is 6.30. The van der Waals surface area contributed by atoms with Gasteiger partial charge in [0.25, 0.3) is 0 Å². The normalized spacial score (nSPS) is 23.6. The number of benzene rings is 2. The first-order chi connectivity index (χ1) is 20.5. The molecular formula is C33H44ClF3N4O2. The van der Waals surface area contributed by atoms with Crippen molar-refractivity contribution in [3.05, 3.63) is 64.7 Å². The summed E-state index contributed by atoms with van der Waals surface area (Å²) in [7, 11) is 0. The molecule has 0 spiro atoms. The Balaban J connectivity index is 1.22. The molecule has 2 aliphatic heterocycles. The highest BCUT2D eigenvalue weighted by Gasteiger charge is 2.44. The van der Waals surface area contributed by atoms with E-state index in [1.165, 1.54) is 18.1 Å². The highest BCUT2D eigenvalue weighted by atomic mass is 35.5. The van der Waals surface area contributed by atoms with E-state index in [-0.39, 0.29) is 29.0 Å². The molecule has 6 nitrogen and oxygen atoms in total. The van der Waals surface area contributed by atoms with E-state index in [1.807, 2.05) is 12.1 Å². The zero-order valence-corrected chi connectivity index (χ0v) is 26.0. The molecule has 3 aliphatic rings. The van der Waals surface area contributed by atoms with E-state index in [4.69, 9.17) is 11.6 Å². The Bertz CT molecular complexity index is 1210. The Morgan fingerprint density at radius 3 is 2.33 bits per heavy atom. The Labute approximate surface area is 258 Å². The lowest BCUT2D eigenvalue weighted by Gasteiger charge is -2.50. The minimum absolute atomic E-state index is 0.0686. The molecule has 2 aromatic rings. The van der Waals surface area contributed by atoms with E-state index in [0.717, 1.165) is 51.9 Å². The van der Waals surface area contributed by atoms with Crippen LogP contribution in [-0.2, 0) is 11.3 Å². The van der Waals surface area contributed by atoms with Gasteiger partial charge in [-0.25, -0.2) is 0 Å². The molecule has 1 N–H and O–H groups in total. The fourth-order valence-corrected chi connectivity index (χ4v) is 7.43. The molecule has 1 amide bonds. The number of nitrogens with zero attached hydrogens (tertiary/aromatic N) is 3. The molecular weight excluding hydrogens is 577 g/mol. The highest BCUT2D eigenvalue weighted by Crippen LogP contribution is 2.38. The molecule has 2 heterocycles. The van der Waals surface area contributed by atoms with E-state index >= 15 is 0 Å². The lowest BCUT2D eigenvalue weighted by atomic mass is 9.79. The largest absolute Gasteiger partial charge is 0.573 e. The molecule has 5 rings (SSSR count). The van der Waals surface area contributed by atoms with Gasteiger partial charge in [0.1, 0.15) is 5.75 Å². The molecule has 3 fully saturated rings. The molecule has 43 heavy (non-hydrogen) atoms. The van der Waals surface area contributed by atoms with Crippen molar-refractivity contribution in [3.63, 3.8) is 0 Å². The number of amides is 1. The standard InChI is InChI=1S/C33H44ClF3N4O2/c1-24(2)40-21-28(25-10-12-27(34)13-11-25)29(22-40)31(42)39-16-18-41(19-17-39)32(14-6-3-7-15-32)23-38-20-26-8-4-5-9-30(26)43-33(35,36)37/h4-5,8-13,24,28-29,38H,3,6-7,14-23H2,1-2H3/t28-,29+/m1/s1. The van der Waals surface area contributed by atoms with Crippen LogP contribution in [0.25, 0.3) is 0 Å².